The second-order valence-electron chi connectivity index (χ2n) is 8.33. The van der Waals surface area contributed by atoms with Crippen molar-refractivity contribution in [3.8, 4) is 0 Å². The minimum Gasteiger partial charge on any atom is -0.391 e. The molecule has 0 aliphatic heterocycles. The molecule has 0 spiro atoms. The third-order valence-corrected chi connectivity index (χ3v) is 7.45. The van der Waals surface area contributed by atoms with E-state index < -0.39 is 22.2 Å². The number of sulfonamides is 1. The van der Waals surface area contributed by atoms with Gasteiger partial charge in [-0.05, 0) is 65.8 Å². The molecule has 3 N–H and O–H groups in total. The standard InChI is InChI=1S/C26H28N2O4S/c1-2-18-8-13-22(14-9-18)33(31,32)28-26-23-17-21(12-10-20(23)11-15-24(26)29)27-25(30)16-19-6-4-3-5-7-19/h3-10,12-14,17,24,26,28-29H,2,11,15-16H2,1H3,(H,27,30)/t24-,26-/m1/s1. The van der Waals surface area contributed by atoms with Crippen LogP contribution in [0.2, 0.25) is 0 Å². The topological polar surface area (TPSA) is 95.5 Å². The molecule has 3 aromatic rings. The van der Waals surface area contributed by atoms with Crippen LogP contribution in [0.3, 0.4) is 0 Å². The first-order valence-electron chi connectivity index (χ1n) is 11.1. The lowest BCUT2D eigenvalue weighted by molar-refractivity contribution is -0.115. The summed E-state index contributed by atoms with van der Waals surface area (Å²) in [5, 5.41) is 13.5. The number of rotatable bonds is 7. The molecule has 3 aromatic carbocycles. The fourth-order valence-corrected chi connectivity index (χ4v) is 5.38. The van der Waals surface area contributed by atoms with Gasteiger partial charge in [-0.3, -0.25) is 4.79 Å². The van der Waals surface area contributed by atoms with Gasteiger partial charge in [-0.25, -0.2) is 13.1 Å². The van der Waals surface area contributed by atoms with Gasteiger partial charge in [-0.15, -0.1) is 0 Å². The van der Waals surface area contributed by atoms with E-state index in [0.29, 0.717) is 24.1 Å². The van der Waals surface area contributed by atoms with Crippen molar-refractivity contribution < 1.29 is 18.3 Å². The van der Waals surface area contributed by atoms with Crippen LogP contribution in [0.1, 0.15) is 41.6 Å². The summed E-state index contributed by atoms with van der Waals surface area (Å²) in [6, 6.07) is 20.9. The lowest BCUT2D eigenvalue weighted by Gasteiger charge is -2.31. The molecule has 0 saturated carbocycles. The van der Waals surface area contributed by atoms with Crippen LogP contribution < -0.4 is 10.0 Å². The van der Waals surface area contributed by atoms with Gasteiger partial charge in [-0.2, -0.15) is 0 Å². The average molecular weight is 465 g/mol. The summed E-state index contributed by atoms with van der Waals surface area (Å²) in [5.74, 6) is -0.161. The monoisotopic (exact) mass is 464 g/mol. The molecule has 172 valence electrons. The Morgan fingerprint density at radius 1 is 1.00 bits per heavy atom. The van der Waals surface area contributed by atoms with E-state index in [1.54, 1.807) is 30.3 Å². The Labute approximate surface area is 194 Å². The number of carbonyl (C=O) groups is 1. The number of benzene rings is 3. The number of carbonyl (C=O) groups excluding carboxylic acids is 1. The van der Waals surface area contributed by atoms with Gasteiger partial charge in [-0.1, -0.05) is 55.5 Å². The van der Waals surface area contributed by atoms with E-state index in [2.05, 4.69) is 10.0 Å². The molecule has 4 rings (SSSR count). The Bertz CT molecular complexity index is 1220. The van der Waals surface area contributed by atoms with E-state index in [1.165, 1.54) is 0 Å². The summed E-state index contributed by atoms with van der Waals surface area (Å²) >= 11 is 0. The van der Waals surface area contributed by atoms with E-state index in [9.17, 15) is 18.3 Å². The number of hydrogen-bond acceptors (Lipinski definition) is 4. The number of aliphatic hydroxyl groups is 1. The number of aliphatic hydroxyl groups excluding tert-OH is 1. The normalized spacial score (nSPS) is 17.9. The van der Waals surface area contributed by atoms with Gasteiger partial charge >= 0.3 is 0 Å². The molecule has 1 aliphatic carbocycles. The fraction of sp³-hybridized carbons (Fsp3) is 0.269. The zero-order chi connectivity index (χ0) is 23.4. The predicted octanol–water partition coefficient (Wildman–Crippen LogP) is 3.76. The molecule has 0 saturated heterocycles. The number of hydrogen-bond donors (Lipinski definition) is 3. The minimum absolute atomic E-state index is 0.159. The SMILES string of the molecule is CCc1ccc(S(=O)(=O)N[C@@H]2c3cc(NC(=O)Cc4ccccc4)ccc3CC[C@H]2O)cc1. The van der Waals surface area contributed by atoms with Gasteiger partial charge < -0.3 is 10.4 Å². The van der Waals surface area contributed by atoms with Crippen LogP contribution in [0.25, 0.3) is 0 Å². The summed E-state index contributed by atoms with van der Waals surface area (Å²) in [4.78, 5) is 12.6. The van der Waals surface area contributed by atoms with Crippen molar-refractivity contribution in [1.82, 2.24) is 4.72 Å². The highest BCUT2D eigenvalue weighted by Crippen LogP contribution is 2.33. The highest BCUT2D eigenvalue weighted by atomic mass is 32.2. The van der Waals surface area contributed by atoms with Crippen molar-refractivity contribution in [2.45, 2.75) is 49.6 Å². The minimum atomic E-state index is -3.83. The Morgan fingerprint density at radius 2 is 1.73 bits per heavy atom. The molecule has 7 heteroatoms. The zero-order valence-electron chi connectivity index (χ0n) is 18.5. The van der Waals surface area contributed by atoms with E-state index in [0.717, 1.165) is 23.1 Å². The number of amides is 1. The Hall–Kier alpha value is -3.00. The molecule has 33 heavy (non-hydrogen) atoms. The number of nitrogens with one attached hydrogen (secondary N) is 2. The predicted molar refractivity (Wildman–Crippen MR) is 128 cm³/mol. The van der Waals surface area contributed by atoms with Crippen LogP contribution in [0.15, 0.2) is 77.7 Å². The van der Waals surface area contributed by atoms with Gasteiger partial charge in [0.2, 0.25) is 15.9 Å². The number of anilines is 1. The first-order valence-corrected chi connectivity index (χ1v) is 12.6. The lowest BCUT2D eigenvalue weighted by Crippen LogP contribution is -2.39. The van der Waals surface area contributed by atoms with Gasteiger partial charge in [0.25, 0.3) is 0 Å². The number of aryl methyl sites for hydroxylation is 2. The second-order valence-corrected chi connectivity index (χ2v) is 10.0. The molecule has 0 heterocycles. The molecule has 0 aromatic heterocycles. The molecule has 0 unspecified atom stereocenters. The van der Waals surface area contributed by atoms with Crippen LogP contribution in [0.5, 0.6) is 0 Å². The lowest BCUT2D eigenvalue weighted by atomic mass is 9.86. The largest absolute Gasteiger partial charge is 0.391 e. The Balaban J connectivity index is 1.55. The van der Waals surface area contributed by atoms with E-state index in [4.69, 9.17) is 0 Å². The van der Waals surface area contributed by atoms with Crippen LogP contribution in [-0.2, 0) is 34.1 Å². The Morgan fingerprint density at radius 3 is 2.42 bits per heavy atom. The smallest absolute Gasteiger partial charge is 0.241 e. The molecule has 1 aliphatic rings. The van der Waals surface area contributed by atoms with Crippen molar-refractivity contribution >= 4 is 21.6 Å². The molecule has 0 fully saturated rings. The highest BCUT2D eigenvalue weighted by molar-refractivity contribution is 7.89. The third-order valence-electron chi connectivity index (χ3n) is 5.99. The van der Waals surface area contributed by atoms with Gasteiger partial charge in [0.05, 0.1) is 23.5 Å². The average Bonchev–Trinajstić information content (AvgIpc) is 2.81. The highest BCUT2D eigenvalue weighted by Gasteiger charge is 2.32. The van der Waals surface area contributed by atoms with Crippen molar-refractivity contribution in [2.75, 3.05) is 5.32 Å². The van der Waals surface area contributed by atoms with Gasteiger partial charge in [0.15, 0.2) is 0 Å². The van der Waals surface area contributed by atoms with Crippen LogP contribution in [0, 0.1) is 0 Å². The Kier molecular flexibility index (Phi) is 6.93. The summed E-state index contributed by atoms with van der Waals surface area (Å²) in [6.45, 7) is 2.01. The zero-order valence-corrected chi connectivity index (χ0v) is 19.3. The molecule has 6 nitrogen and oxygen atoms in total. The first kappa shape index (κ1) is 23.2. The first-order chi connectivity index (χ1) is 15.9. The molecule has 2 atom stereocenters. The molecule has 0 bridgehead atoms. The van der Waals surface area contributed by atoms with Crippen LogP contribution >= 0.6 is 0 Å². The van der Waals surface area contributed by atoms with E-state index >= 15 is 0 Å². The molecular weight excluding hydrogens is 436 g/mol. The number of fused-ring (bicyclic) bond motifs is 1. The van der Waals surface area contributed by atoms with Crippen molar-refractivity contribution in [1.29, 1.82) is 0 Å². The van der Waals surface area contributed by atoms with Crippen molar-refractivity contribution in [3.05, 3.63) is 95.1 Å². The van der Waals surface area contributed by atoms with E-state index in [1.807, 2.05) is 49.4 Å². The second kappa shape index (κ2) is 9.87. The van der Waals surface area contributed by atoms with Crippen LogP contribution in [-0.4, -0.2) is 25.5 Å². The quantitative estimate of drug-likeness (QED) is 0.496. The summed E-state index contributed by atoms with van der Waals surface area (Å²) in [7, 11) is -3.83. The van der Waals surface area contributed by atoms with Gasteiger partial charge in [0.1, 0.15) is 0 Å². The maximum absolute atomic E-state index is 13.0. The van der Waals surface area contributed by atoms with Crippen molar-refractivity contribution in [2.24, 2.45) is 0 Å². The van der Waals surface area contributed by atoms with Crippen LogP contribution in [0.4, 0.5) is 5.69 Å². The van der Waals surface area contributed by atoms with Crippen molar-refractivity contribution in [3.63, 3.8) is 0 Å². The summed E-state index contributed by atoms with van der Waals surface area (Å²) in [5.41, 5.74) is 4.16. The molecule has 0 radical (unpaired) electrons. The summed E-state index contributed by atoms with van der Waals surface area (Å²) in [6.07, 6.45) is 1.29. The molecule has 1 amide bonds. The maximum atomic E-state index is 13.0. The van der Waals surface area contributed by atoms with Gasteiger partial charge in [0, 0.05) is 5.69 Å². The van der Waals surface area contributed by atoms with E-state index in [-0.39, 0.29) is 17.2 Å². The third kappa shape index (κ3) is 5.50. The molecular formula is C26H28N2O4S. The fourth-order valence-electron chi connectivity index (χ4n) is 4.14. The summed E-state index contributed by atoms with van der Waals surface area (Å²) < 4.78 is 28.7. The maximum Gasteiger partial charge on any atom is 0.241 e.